The van der Waals surface area contributed by atoms with E-state index >= 15 is 0 Å². The van der Waals surface area contributed by atoms with Gasteiger partial charge in [-0.25, -0.2) is 4.98 Å². The first-order chi connectivity index (χ1) is 12.8. The molecule has 0 saturated carbocycles. The standard InChI is InChI=1S/C17H24F3N5O2.HI/c1-22-16(25-6-2-3-12(10-25)7-14(21)26)24-9-13-4-5-15(23-8-13)27-11-17(18,19)20;/h4-5,8,12H,2-3,6-7,9-11H2,1H3,(H2,21,26)(H,22,24);1H. The number of hydrogen-bond donors (Lipinski definition) is 2. The van der Waals surface area contributed by atoms with Crippen molar-refractivity contribution >= 4 is 35.8 Å². The van der Waals surface area contributed by atoms with E-state index in [-0.39, 0.29) is 41.7 Å². The Morgan fingerprint density at radius 2 is 2.21 bits per heavy atom. The molecule has 158 valence electrons. The number of amides is 1. The number of nitrogens with one attached hydrogen (secondary N) is 1. The number of nitrogens with two attached hydrogens (primary N) is 1. The average molecular weight is 515 g/mol. The summed E-state index contributed by atoms with van der Waals surface area (Å²) >= 11 is 0. The maximum atomic E-state index is 12.1. The molecule has 1 saturated heterocycles. The fourth-order valence-corrected chi connectivity index (χ4v) is 2.98. The Balaban J connectivity index is 0.00000392. The third-order valence-electron chi connectivity index (χ3n) is 4.15. The lowest BCUT2D eigenvalue weighted by Gasteiger charge is -2.34. The summed E-state index contributed by atoms with van der Waals surface area (Å²) in [6.45, 7) is 0.574. The van der Waals surface area contributed by atoms with E-state index in [1.807, 2.05) is 0 Å². The number of hydrogen-bond acceptors (Lipinski definition) is 4. The van der Waals surface area contributed by atoms with Crippen LogP contribution in [0.3, 0.4) is 0 Å². The van der Waals surface area contributed by atoms with E-state index in [0.29, 0.717) is 25.5 Å². The lowest BCUT2D eigenvalue weighted by molar-refractivity contribution is -0.154. The molecule has 28 heavy (non-hydrogen) atoms. The van der Waals surface area contributed by atoms with Crippen LogP contribution in [0.1, 0.15) is 24.8 Å². The summed E-state index contributed by atoms with van der Waals surface area (Å²) in [7, 11) is 1.67. The molecule has 1 amide bonds. The maximum absolute atomic E-state index is 12.1. The number of carbonyl (C=O) groups excluding carboxylic acids is 1. The van der Waals surface area contributed by atoms with Gasteiger partial charge in [0.1, 0.15) is 0 Å². The number of aromatic nitrogens is 1. The van der Waals surface area contributed by atoms with E-state index in [2.05, 4.69) is 24.9 Å². The van der Waals surface area contributed by atoms with Crippen LogP contribution in [0.4, 0.5) is 13.2 Å². The van der Waals surface area contributed by atoms with Gasteiger partial charge >= 0.3 is 6.18 Å². The number of piperidine rings is 1. The molecule has 1 fully saturated rings. The fourth-order valence-electron chi connectivity index (χ4n) is 2.98. The van der Waals surface area contributed by atoms with Crippen molar-refractivity contribution in [3.05, 3.63) is 23.9 Å². The van der Waals surface area contributed by atoms with Crippen molar-refractivity contribution in [3.8, 4) is 5.88 Å². The number of pyridine rings is 1. The van der Waals surface area contributed by atoms with Crippen molar-refractivity contribution in [2.45, 2.75) is 32.0 Å². The Hall–Kier alpha value is -1.79. The van der Waals surface area contributed by atoms with Crippen LogP contribution >= 0.6 is 24.0 Å². The van der Waals surface area contributed by atoms with E-state index in [1.54, 1.807) is 13.1 Å². The highest BCUT2D eigenvalue weighted by Gasteiger charge is 2.28. The topological polar surface area (TPSA) is 92.8 Å². The molecule has 1 aliphatic rings. The molecule has 0 aliphatic carbocycles. The van der Waals surface area contributed by atoms with Gasteiger partial charge in [-0.2, -0.15) is 13.2 Å². The lowest BCUT2D eigenvalue weighted by Crippen LogP contribution is -2.46. The van der Waals surface area contributed by atoms with E-state index in [9.17, 15) is 18.0 Å². The van der Waals surface area contributed by atoms with Crippen LogP contribution in [0.25, 0.3) is 0 Å². The minimum absolute atomic E-state index is 0. The van der Waals surface area contributed by atoms with Crippen LogP contribution in [0.2, 0.25) is 0 Å². The number of halogens is 4. The number of primary amides is 1. The van der Waals surface area contributed by atoms with Crippen molar-refractivity contribution in [1.29, 1.82) is 0 Å². The van der Waals surface area contributed by atoms with E-state index in [1.165, 1.54) is 12.3 Å². The Morgan fingerprint density at radius 1 is 1.46 bits per heavy atom. The average Bonchev–Trinajstić information content (AvgIpc) is 2.60. The molecule has 0 aromatic carbocycles. The predicted molar refractivity (Wildman–Crippen MR) is 110 cm³/mol. The second kappa shape index (κ2) is 11.3. The van der Waals surface area contributed by atoms with Crippen molar-refractivity contribution in [1.82, 2.24) is 15.2 Å². The molecule has 0 bridgehead atoms. The van der Waals surface area contributed by atoms with Crippen LogP contribution in [0.15, 0.2) is 23.3 Å². The van der Waals surface area contributed by atoms with E-state index in [4.69, 9.17) is 5.73 Å². The molecule has 1 aromatic rings. The van der Waals surface area contributed by atoms with Gasteiger partial charge in [0.25, 0.3) is 0 Å². The molecule has 2 rings (SSSR count). The van der Waals surface area contributed by atoms with Gasteiger partial charge in [0.15, 0.2) is 12.6 Å². The van der Waals surface area contributed by atoms with Gasteiger partial charge in [-0.1, -0.05) is 6.07 Å². The summed E-state index contributed by atoms with van der Waals surface area (Å²) in [5.41, 5.74) is 6.07. The second-order valence-corrected chi connectivity index (χ2v) is 6.43. The van der Waals surface area contributed by atoms with Crippen molar-refractivity contribution in [3.63, 3.8) is 0 Å². The van der Waals surface area contributed by atoms with Crippen LogP contribution in [-0.2, 0) is 11.3 Å². The van der Waals surface area contributed by atoms with Gasteiger partial charge in [0.05, 0.1) is 0 Å². The number of guanidine groups is 1. The zero-order chi connectivity index (χ0) is 19.9. The molecule has 0 spiro atoms. The minimum Gasteiger partial charge on any atom is -0.468 e. The number of rotatable bonds is 6. The monoisotopic (exact) mass is 515 g/mol. The quantitative estimate of drug-likeness (QED) is 0.345. The predicted octanol–water partition coefficient (Wildman–Crippen LogP) is 2.30. The highest BCUT2D eigenvalue weighted by molar-refractivity contribution is 14.0. The SMILES string of the molecule is CN=C(NCc1ccc(OCC(F)(F)F)nc1)N1CCCC(CC(N)=O)C1.I. The molecular formula is C17H25F3IN5O2. The van der Waals surface area contributed by atoms with E-state index in [0.717, 1.165) is 24.9 Å². The number of likely N-dealkylation sites (tertiary alicyclic amines) is 1. The Kier molecular flexibility index (Phi) is 9.76. The van der Waals surface area contributed by atoms with Gasteiger partial charge in [-0.3, -0.25) is 9.79 Å². The molecule has 1 aromatic heterocycles. The highest BCUT2D eigenvalue weighted by atomic mass is 127. The molecule has 1 atom stereocenters. The molecule has 2 heterocycles. The van der Waals surface area contributed by atoms with Crippen LogP contribution < -0.4 is 15.8 Å². The Labute approximate surface area is 178 Å². The van der Waals surface area contributed by atoms with Crippen molar-refractivity contribution < 1.29 is 22.7 Å². The Morgan fingerprint density at radius 3 is 2.79 bits per heavy atom. The van der Waals surface area contributed by atoms with Gasteiger partial charge in [0.2, 0.25) is 11.8 Å². The zero-order valence-electron chi connectivity index (χ0n) is 15.5. The number of aliphatic imine (C=N–C) groups is 1. The third kappa shape index (κ3) is 8.48. The summed E-state index contributed by atoms with van der Waals surface area (Å²) < 4.78 is 41.0. The number of alkyl halides is 3. The maximum Gasteiger partial charge on any atom is 0.422 e. The number of carbonyl (C=O) groups is 1. The highest BCUT2D eigenvalue weighted by Crippen LogP contribution is 2.20. The summed E-state index contributed by atoms with van der Waals surface area (Å²) in [6, 6.07) is 3.04. The van der Waals surface area contributed by atoms with Crippen molar-refractivity contribution in [2.75, 3.05) is 26.7 Å². The second-order valence-electron chi connectivity index (χ2n) is 6.43. The Bertz CT molecular complexity index is 655. The first-order valence-corrected chi connectivity index (χ1v) is 8.65. The van der Waals surface area contributed by atoms with Crippen LogP contribution in [0, 0.1) is 5.92 Å². The summed E-state index contributed by atoms with van der Waals surface area (Å²) in [6.07, 6.45) is -0.671. The summed E-state index contributed by atoms with van der Waals surface area (Å²) in [5.74, 6) is 0.526. The molecule has 0 radical (unpaired) electrons. The minimum atomic E-state index is -4.39. The molecule has 1 aliphatic heterocycles. The van der Waals surface area contributed by atoms with Crippen molar-refractivity contribution in [2.24, 2.45) is 16.6 Å². The van der Waals surface area contributed by atoms with Gasteiger partial charge < -0.3 is 20.7 Å². The molecule has 1 unspecified atom stereocenters. The molecule has 7 nitrogen and oxygen atoms in total. The molecule has 11 heteroatoms. The largest absolute Gasteiger partial charge is 0.468 e. The first-order valence-electron chi connectivity index (χ1n) is 8.65. The fraction of sp³-hybridized carbons (Fsp3) is 0.588. The zero-order valence-corrected chi connectivity index (χ0v) is 17.9. The summed E-state index contributed by atoms with van der Waals surface area (Å²) in [4.78, 5) is 21.3. The van der Waals surface area contributed by atoms with Gasteiger partial charge in [-0.15, -0.1) is 24.0 Å². The van der Waals surface area contributed by atoms with Gasteiger partial charge in [-0.05, 0) is 24.3 Å². The van der Waals surface area contributed by atoms with E-state index < -0.39 is 12.8 Å². The normalized spacial score (nSPS) is 17.6. The first kappa shape index (κ1) is 24.2. The van der Waals surface area contributed by atoms with Gasteiger partial charge in [0, 0.05) is 45.4 Å². The number of ether oxygens (including phenoxy) is 1. The van der Waals surface area contributed by atoms with Crippen LogP contribution in [0.5, 0.6) is 5.88 Å². The molecular weight excluding hydrogens is 490 g/mol. The smallest absolute Gasteiger partial charge is 0.422 e. The lowest BCUT2D eigenvalue weighted by atomic mass is 9.95. The summed E-state index contributed by atoms with van der Waals surface area (Å²) in [5, 5.41) is 3.20. The number of nitrogens with zero attached hydrogens (tertiary/aromatic N) is 3. The van der Waals surface area contributed by atoms with Crippen LogP contribution in [-0.4, -0.2) is 54.7 Å². The third-order valence-corrected chi connectivity index (χ3v) is 4.15. The molecule has 3 N–H and O–H groups in total.